The summed E-state index contributed by atoms with van der Waals surface area (Å²) in [4.78, 5) is 21.6. The number of hydrogen-bond acceptors (Lipinski definition) is 7. The Labute approximate surface area is 186 Å². The highest BCUT2D eigenvalue weighted by Crippen LogP contribution is 2.35. The lowest BCUT2D eigenvalue weighted by atomic mass is 10.1. The van der Waals surface area contributed by atoms with Crippen molar-refractivity contribution in [2.45, 2.75) is 0 Å². The van der Waals surface area contributed by atoms with Gasteiger partial charge in [0.2, 0.25) is 0 Å². The van der Waals surface area contributed by atoms with Gasteiger partial charge in [-0.2, -0.15) is 0 Å². The number of carbonyl (C=O) groups excluding carboxylic acids is 1. The monoisotopic (exact) mass is 448 g/mol. The van der Waals surface area contributed by atoms with Crippen molar-refractivity contribution in [3.05, 3.63) is 77.6 Å². The molecule has 0 aliphatic carbocycles. The molecule has 9 heteroatoms. The summed E-state index contributed by atoms with van der Waals surface area (Å²) in [5, 5.41) is 8.09. The summed E-state index contributed by atoms with van der Waals surface area (Å²) in [6.07, 6.45) is 1.56. The van der Waals surface area contributed by atoms with E-state index < -0.39 is 0 Å². The number of nitrogens with one attached hydrogen (secondary N) is 2. The lowest BCUT2D eigenvalue weighted by Gasteiger charge is -2.18. The summed E-state index contributed by atoms with van der Waals surface area (Å²) in [5.41, 5.74) is 2.38. The van der Waals surface area contributed by atoms with Crippen LogP contribution >= 0.6 is 11.3 Å². The van der Waals surface area contributed by atoms with Crippen molar-refractivity contribution in [3.63, 3.8) is 0 Å². The fourth-order valence-electron chi connectivity index (χ4n) is 3.22. The van der Waals surface area contributed by atoms with E-state index in [-0.39, 0.29) is 11.7 Å². The van der Waals surface area contributed by atoms with Crippen LogP contribution in [0.1, 0.15) is 10.4 Å². The van der Waals surface area contributed by atoms with Crippen LogP contribution in [0.2, 0.25) is 0 Å². The van der Waals surface area contributed by atoms with Crippen molar-refractivity contribution in [2.75, 3.05) is 23.8 Å². The Morgan fingerprint density at radius 2 is 1.91 bits per heavy atom. The largest absolute Gasteiger partial charge is 0.486 e. The van der Waals surface area contributed by atoms with E-state index in [0.717, 1.165) is 5.56 Å². The summed E-state index contributed by atoms with van der Waals surface area (Å²) in [6.45, 7) is 1.04. The number of hydrogen-bond donors (Lipinski definition) is 2. The lowest BCUT2D eigenvalue weighted by molar-refractivity contribution is 0.102. The molecular weight excluding hydrogens is 431 g/mol. The van der Waals surface area contributed by atoms with Gasteiger partial charge in [0.25, 0.3) is 5.91 Å². The average molecular weight is 448 g/mol. The van der Waals surface area contributed by atoms with E-state index in [1.807, 2.05) is 23.6 Å². The number of benzene rings is 2. The molecule has 0 spiro atoms. The predicted octanol–water partition coefficient (Wildman–Crippen LogP) is 5.11. The number of rotatable bonds is 5. The minimum Gasteiger partial charge on any atom is -0.486 e. The first-order chi connectivity index (χ1) is 15.7. The average Bonchev–Trinajstić information content (AvgIpc) is 3.27. The van der Waals surface area contributed by atoms with E-state index in [2.05, 4.69) is 20.6 Å². The van der Waals surface area contributed by atoms with Crippen LogP contribution in [0.3, 0.4) is 0 Å². The van der Waals surface area contributed by atoms with Crippen molar-refractivity contribution < 1.29 is 18.7 Å². The molecular formula is C23H17FN4O3S. The van der Waals surface area contributed by atoms with Gasteiger partial charge in [-0.1, -0.05) is 6.07 Å². The van der Waals surface area contributed by atoms with E-state index in [1.165, 1.54) is 23.5 Å². The van der Waals surface area contributed by atoms with E-state index in [1.54, 1.807) is 30.5 Å². The van der Waals surface area contributed by atoms with Gasteiger partial charge in [-0.05, 0) is 48.5 Å². The Kier molecular flexibility index (Phi) is 5.39. The summed E-state index contributed by atoms with van der Waals surface area (Å²) in [7, 11) is 0. The molecule has 2 N–H and O–H groups in total. The van der Waals surface area contributed by atoms with Crippen LogP contribution in [0.25, 0.3) is 11.3 Å². The molecule has 0 fully saturated rings. The summed E-state index contributed by atoms with van der Waals surface area (Å²) in [6, 6.07) is 14.9. The molecule has 32 heavy (non-hydrogen) atoms. The number of aromatic nitrogens is 2. The van der Waals surface area contributed by atoms with Gasteiger partial charge in [0, 0.05) is 22.8 Å². The molecule has 1 aliphatic rings. The highest BCUT2D eigenvalue weighted by atomic mass is 32.1. The number of fused-ring (bicyclic) bond motifs is 1. The van der Waals surface area contributed by atoms with Gasteiger partial charge < -0.3 is 14.8 Å². The van der Waals surface area contributed by atoms with Gasteiger partial charge in [0.1, 0.15) is 24.8 Å². The van der Waals surface area contributed by atoms with Crippen molar-refractivity contribution in [3.8, 4) is 22.8 Å². The summed E-state index contributed by atoms with van der Waals surface area (Å²) in [5.74, 6) is 0.945. The van der Waals surface area contributed by atoms with Crippen molar-refractivity contribution >= 4 is 33.9 Å². The molecule has 1 amide bonds. The fraction of sp³-hybridized carbons (Fsp3) is 0.0870. The Morgan fingerprint density at radius 3 is 2.78 bits per heavy atom. The normalized spacial score (nSPS) is 12.3. The Hall–Kier alpha value is -3.98. The number of amides is 1. The second kappa shape index (κ2) is 8.64. The first-order valence-corrected chi connectivity index (χ1v) is 10.7. The number of halogens is 1. The van der Waals surface area contributed by atoms with Crippen LogP contribution in [0.4, 0.5) is 21.0 Å². The third kappa shape index (κ3) is 4.23. The van der Waals surface area contributed by atoms with E-state index >= 15 is 0 Å². The minimum absolute atomic E-state index is 0.313. The number of pyridine rings is 1. The number of nitrogens with zero attached hydrogens (tertiary/aromatic N) is 2. The predicted molar refractivity (Wildman–Crippen MR) is 120 cm³/mol. The molecule has 0 saturated carbocycles. The first-order valence-electron chi connectivity index (χ1n) is 9.80. The van der Waals surface area contributed by atoms with Crippen molar-refractivity contribution in [1.82, 2.24) is 9.97 Å². The Morgan fingerprint density at radius 1 is 1.03 bits per heavy atom. The van der Waals surface area contributed by atoms with Crippen LogP contribution in [-0.2, 0) is 0 Å². The van der Waals surface area contributed by atoms with Crippen molar-refractivity contribution in [2.24, 2.45) is 0 Å². The van der Waals surface area contributed by atoms with Gasteiger partial charge in [-0.15, -0.1) is 11.3 Å². The number of thiazole rings is 1. The number of carbonyl (C=O) groups is 1. The molecule has 4 aromatic rings. The molecule has 5 rings (SSSR count). The first kappa shape index (κ1) is 20.0. The van der Waals surface area contributed by atoms with Crippen LogP contribution in [0.5, 0.6) is 11.5 Å². The smallest absolute Gasteiger partial charge is 0.261 e. The fourth-order valence-corrected chi connectivity index (χ4v) is 3.94. The van der Waals surface area contributed by atoms with Gasteiger partial charge in [0.15, 0.2) is 16.6 Å². The summed E-state index contributed by atoms with van der Waals surface area (Å²) >= 11 is 1.31. The summed E-state index contributed by atoms with van der Waals surface area (Å²) < 4.78 is 24.7. The molecule has 3 heterocycles. The lowest BCUT2D eigenvalue weighted by Crippen LogP contribution is -2.15. The van der Waals surface area contributed by atoms with Crippen molar-refractivity contribution in [1.29, 1.82) is 0 Å². The molecule has 2 aromatic carbocycles. The van der Waals surface area contributed by atoms with Crippen LogP contribution in [-0.4, -0.2) is 29.1 Å². The third-order valence-electron chi connectivity index (χ3n) is 4.70. The third-order valence-corrected chi connectivity index (χ3v) is 5.46. The van der Waals surface area contributed by atoms with Crippen LogP contribution in [0, 0.1) is 5.82 Å². The van der Waals surface area contributed by atoms with E-state index in [9.17, 15) is 9.18 Å². The van der Waals surface area contributed by atoms with Crippen LogP contribution < -0.4 is 20.1 Å². The zero-order valence-corrected chi connectivity index (χ0v) is 17.5. The Bertz CT molecular complexity index is 1290. The maximum atomic E-state index is 13.5. The molecule has 2 aromatic heterocycles. The van der Waals surface area contributed by atoms with Gasteiger partial charge in [0.05, 0.1) is 11.3 Å². The zero-order chi connectivity index (χ0) is 21.9. The topological polar surface area (TPSA) is 85.4 Å². The SMILES string of the molecule is O=C(Nc1nc(-c2ccc3c(c2)OCCO3)cs1)c1cccnc1Nc1cccc(F)c1. The maximum absolute atomic E-state index is 13.5. The number of anilines is 3. The molecule has 0 atom stereocenters. The molecule has 0 bridgehead atoms. The van der Waals surface area contributed by atoms with Gasteiger partial charge >= 0.3 is 0 Å². The minimum atomic E-state index is -0.383. The molecule has 160 valence electrons. The quantitative estimate of drug-likeness (QED) is 0.441. The second-order valence-corrected chi connectivity index (χ2v) is 7.74. The highest BCUT2D eigenvalue weighted by molar-refractivity contribution is 7.14. The molecule has 0 unspecified atom stereocenters. The number of ether oxygens (including phenoxy) is 2. The van der Waals surface area contributed by atoms with Gasteiger partial charge in [-0.25, -0.2) is 14.4 Å². The van der Waals surface area contributed by atoms with Gasteiger partial charge in [-0.3, -0.25) is 10.1 Å². The second-order valence-electron chi connectivity index (χ2n) is 6.89. The standard InChI is InChI=1S/C23H17FN4O3S/c24-15-3-1-4-16(12-15)26-21-17(5-2-8-25-21)22(29)28-23-27-18(13-32-23)14-6-7-19-20(11-14)31-10-9-30-19/h1-8,11-13H,9-10H2,(H,25,26)(H,27,28,29). The molecule has 0 saturated heterocycles. The zero-order valence-electron chi connectivity index (χ0n) is 16.7. The molecule has 7 nitrogen and oxygen atoms in total. The van der Waals surface area contributed by atoms with E-state index in [4.69, 9.17) is 9.47 Å². The Balaban J connectivity index is 1.34. The molecule has 1 aliphatic heterocycles. The molecule has 0 radical (unpaired) electrons. The highest BCUT2D eigenvalue weighted by Gasteiger charge is 2.17. The maximum Gasteiger partial charge on any atom is 0.261 e. The van der Waals surface area contributed by atoms with E-state index in [0.29, 0.717) is 52.6 Å². The van der Waals surface area contributed by atoms with Crippen LogP contribution in [0.15, 0.2) is 66.2 Å².